The highest BCUT2D eigenvalue weighted by Gasteiger charge is 2.37. The quantitative estimate of drug-likeness (QED) is 0.753. The van der Waals surface area contributed by atoms with Gasteiger partial charge < -0.3 is 24.1 Å². The Morgan fingerprint density at radius 2 is 1.56 bits per heavy atom. The second kappa shape index (κ2) is 8.20. The highest BCUT2D eigenvalue weighted by atomic mass is 16.5. The summed E-state index contributed by atoms with van der Waals surface area (Å²) in [4.78, 5) is 12.3. The van der Waals surface area contributed by atoms with Crippen molar-refractivity contribution in [1.82, 2.24) is 0 Å². The Morgan fingerprint density at radius 1 is 0.926 bits per heavy atom. The predicted molar refractivity (Wildman–Crippen MR) is 99.6 cm³/mol. The number of hydrogen-bond donors (Lipinski definition) is 1. The smallest absolute Gasteiger partial charge is 0.309 e. The second-order valence-electron chi connectivity index (χ2n) is 6.60. The van der Waals surface area contributed by atoms with Crippen LogP contribution in [0, 0.1) is 11.8 Å². The number of carbonyl (C=O) groups is 1. The number of rotatable bonds is 7. The summed E-state index contributed by atoms with van der Waals surface area (Å²) < 4.78 is 21.1. The third kappa shape index (κ3) is 4.10. The molecule has 0 spiro atoms. The molecule has 2 atom stereocenters. The van der Waals surface area contributed by atoms with E-state index in [0.29, 0.717) is 36.7 Å². The van der Waals surface area contributed by atoms with Gasteiger partial charge in [0, 0.05) is 5.92 Å². The van der Waals surface area contributed by atoms with Crippen molar-refractivity contribution < 1.29 is 28.8 Å². The standard InChI is InChI=1S/C21H24O6/c1-24-18-7-5-13(11-20(18)26-3)8-15-12-27-21(23)16(15)9-14-4-6-17(22)19(10-14)25-2/h4-7,10-11,15-16,22H,8-9,12H2,1-3H3/t15-,16-/m0/s1. The molecule has 1 heterocycles. The molecule has 1 aliphatic heterocycles. The molecule has 0 aliphatic carbocycles. The van der Waals surface area contributed by atoms with Crippen LogP contribution in [0.4, 0.5) is 0 Å². The van der Waals surface area contributed by atoms with E-state index in [-0.39, 0.29) is 23.6 Å². The number of methoxy groups -OCH3 is 3. The van der Waals surface area contributed by atoms with Crippen molar-refractivity contribution in [3.63, 3.8) is 0 Å². The monoisotopic (exact) mass is 372 g/mol. The van der Waals surface area contributed by atoms with E-state index < -0.39 is 0 Å². The molecule has 0 unspecified atom stereocenters. The van der Waals surface area contributed by atoms with Crippen LogP contribution >= 0.6 is 0 Å². The number of carbonyl (C=O) groups excluding carboxylic acids is 1. The fourth-order valence-electron chi connectivity index (χ4n) is 3.47. The van der Waals surface area contributed by atoms with Gasteiger partial charge in [-0.05, 0) is 48.2 Å². The molecule has 0 amide bonds. The molecule has 27 heavy (non-hydrogen) atoms. The maximum atomic E-state index is 12.3. The van der Waals surface area contributed by atoms with Crippen LogP contribution in [0.25, 0.3) is 0 Å². The van der Waals surface area contributed by atoms with Gasteiger partial charge in [-0.1, -0.05) is 12.1 Å². The van der Waals surface area contributed by atoms with Crippen LogP contribution in [-0.2, 0) is 22.4 Å². The summed E-state index contributed by atoms with van der Waals surface area (Å²) in [5.41, 5.74) is 1.98. The summed E-state index contributed by atoms with van der Waals surface area (Å²) >= 11 is 0. The van der Waals surface area contributed by atoms with Gasteiger partial charge in [0.25, 0.3) is 0 Å². The fraction of sp³-hybridized carbons (Fsp3) is 0.381. The zero-order valence-corrected chi connectivity index (χ0v) is 15.7. The van der Waals surface area contributed by atoms with E-state index in [1.165, 1.54) is 7.11 Å². The molecule has 0 saturated carbocycles. The largest absolute Gasteiger partial charge is 0.504 e. The molecule has 1 saturated heterocycles. The Kier molecular flexibility index (Phi) is 5.74. The lowest BCUT2D eigenvalue weighted by Crippen LogP contribution is -2.20. The van der Waals surface area contributed by atoms with Crippen molar-refractivity contribution in [2.75, 3.05) is 27.9 Å². The number of cyclic esters (lactones) is 1. The van der Waals surface area contributed by atoms with Gasteiger partial charge in [0.1, 0.15) is 0 Å². The van der Waals surface area contributed by atoms with Crippen molar-refractivity contribution in [2.45, 2.75) is 12.8 Å². The molecule has 0 aromatic heterocycles. The van der Waals surface area contributed by atoms with Gasteiger partial charge in [0.2, 0.25) is 0 Å². The van der Waals surface area contributed by atoms with E-state index >= 15 is 0 Å². The lowest BCUT2D eigenvalue weighted by Gasteiger charge is -2.17. The van der Waals surface area contributed by atoms with Gasteiger partial charge in [-0.15, -0.1) is 0 Å². The van der Waals surface area contributed by atoms with Gasteiger partial charge in [-0.3, -0.25) is 4.79 Å². The predicted octanol–water partition coefficient (Wildman–Crippen LogP) is 2.99. The summed E-state index contributed by atoms with van der Waals surface area (Å²) in [5, 5.41) is 9.75. The van der Waals surface area contributed by atoms with Gasteiger partial charge in [-0.25, -0.2) is 0 Å². The molecular weight excluding hydrogens is 348 g/mol. The minimum Gasteiger partial charge on any atom is -0.504 e. The topological polar surface area (TPSA) is 74.2 Å². The molecule has 3 rings (SSSR count). The number of aromatic hydroxyl groups is 1. The minimum atomic E-state index is -0.243. The Morgan fingerprint density at radius 3 is 2.26 bits per heavy atom. The minimum absolute atomic E-state index is 0.0652. The number of ether oxygens (including phenoxy) is 4. The molecule has 6 nitrogen and oxygen atoms in total. The molecule has 0 radical (unpaired) electrons. The van der Waals surface area contributed by atoms with E-state index in [4.69, 9.17) is 18.9 Å². The van der Waals surface area contributed by atoms with Gasteiger partial charge in [0.15, 0.2) is 23.0 Å². The van der Waals surface area contributed by atoms with E-state index in [1.54, 1.807) is 32.4 Å². The first-order chi connectivity index (χ1) is 13.0. The van der Waals surface area contributed by atoms with Crippen molar-refractivity contribution in [2.24, 2.45) is 11.8 Å². The highest BCUT2D eigenvalue weighted by Crippen LogP contribution is 2.34. The number of benzene rings is 2. The molecular formula is C21H24O6. The number of phenols is 1. The summed E-state index contributed by atoms with van der Waals surface area (Å²) in [6.07, 6.45) is 1.24. The van der Waals surface area contributed by atoms with Crippen LogP contribution in [0.3, 0.4) is 0 Å². The second-order valence-corrected chi connectivity index (χ2v) is 6.60. The number of esters is 1. The van der Waals surface area contributed by atoms with E-state index in [1.807, 2.05) is 18.2 Å². The van der Waals surface area contributed by atoms with Crippen molar-refractivity contribution in [3.8, 4) is 23.0 Å². The Labute approximate surface area is 158 Å². The summed E-state index contributed by atoms with van der Waals surface area (Å²) in [6, 6.07) is 10.9. The SMILES string of the molecule is COc1cc(C[C@@H]2C(=O)OC[C@@H]2Cc2ccc(OC)c(OC)c2)ccc1O. The molecule has 6 heteroatoms. The average Bonchev–Trinajstić information content (AvgIpc) is 3.02. The van der Waals surface area contributed by atoms with Crippen molar-refractivity contribution >= 4 is 5.97 Å². The lowest BCUT2D eigenvalue weighted by atomic mass is 9.85. The molecule has 144 valence electrons. The molecule has 1 aliphatic rings. The first kappa shape index (κ1) is 18.9. The number of hydrogen-bond acceptors (Lipinski definition) is 6. The van der Waals surface area contributed by atoms with E-state index in [0.717, 1.165) is 11.1 Å². The lowest BCUT2D eigenvalue weighted by molar-refractivity contribution is -0.141. The van der Waals surface area contributed by atoms with Crippen LogP contribution < -0.4 is 14.2 Å². The zero-order chi connectivity index (χ0) is 19.4. The van der Waals surface area contributed by atoms with Crippen LogP contribution in [0.1, 0.15) is 11.1 Å². The highest BCUT2D eigenvalue weighted by molar-refractivity contribution is 5.75. The molecule has 1 N–H and O–H groups in total. The first-order valence-electron chi connectivity index (χ1n) is 8.79. The van der Waals surface area contributed by atoms with Gasteiger partial charge in [0.05, 0.1) is 33.9 Å². The van der Waals surface area contributed by atoms with Crippen LogP contribution in [0.15, 0.2) is 36.4 Å². The van der Waals surface area contributed by atoms with Crippen LogP contribution in [0.5, 0.6) is 23.0 Å². The maximum Gasteiger partial charge on any atom is 0.309 e. The fourth-order valence-corrected chi connectivity index (χ4v) is 3.47. The summed E-state index contributed by atoms with van der Waals surface area (Å²) in [6.45, 7) is 0.396. The van der Waals surface area contributed by atoms with Crippen LogP contribution in [-0.4, -0.2) is 39.0 Å². The van der Waals surface area contributed by atoms with Crippen LogP contribution in [0.2, 0.25) is 0 Å². The van der Waals surface area contributed by atoms with Crippen molar-refractivity contribution in [1.29, 1.82) is 0 Å². The average molecular weight is 372 g/mol. The molecule has 2 aromatic carbocycles. The van der Waals surface area contributed by atoms with E-state index in [2.05, 4.69) is 0 Å². The van der Waals surface area contributed by atoms with E-state index in [9.17, 15) is 9.90 Å². The third-order valence-electron chi connectivity index (χ3n) is 4.96. The summed E-state index contributed by atoms with van der Waals surface area (Å²) in [5.74, 6) is 1.45. The summed E-state index contributed by atoms with van der Waals surface area (Å²) in [7, 11) is 4.70. The van der Waals surface area contributed by atoms with Gasteiger partial charge in [-0.2, -0.15) is 0 Å². The normalized spacial score (nSPS) is 18.9. The maximum absolute atomic E-state index is 12.3. The first-order valence-corrected chi connectivity index (χ1v) is 8.79. The Hall–Kier alpha value is -2.89. The third-order valence-corrected chi connectivity index (χ3v) is 4.96. The molecule has 0 bridgehead atoms. The molecule has 1 fully saturated rings. The van der Waals surface area contributed by atoms with Gasteiger partial charge >= 0.3 is 5.97 Å². The zero-order valence-electron chi connectivity index (χ0n) is 15.7. The molecule has 2 aromatic rings. The Bertz CT molecular complexity index is 816. The Balaban J connectivity index is 1.76. The van der Waals surface area contributed by atoms with Crippen molar-refractivity contribution in [3.05, 3.63) is 47.5 Å². The number of phenolic OH excluding ortho intramolecular Hbond substituents is 1.